The van der Waals surface area contributed by atoms with E-state index in [1.807, 2.05) is 17.5 Å². The molecule has 3 rings (SSSR count). The molecule has 3 nitrogen and oxygen atoms in total. The molecule has 0 unspecified atom stereocenters. The normalized spacial score (nSPS) is 10.4. The summed E-state index contributed by atoms with van der Waals surface area (Å²) in [5, 5.41) is 15.4. The number of phenolic OH excluding ortho intramolecular Hbond substituents is 1. The van der Waals surface area contributed by atoms with Gasteiger partial charge in [0.1, 0.15) is 5.75 Å². The maximum absolute atomic E-state index is 9.26. The number of benzene rings is 2. The van der Waals surface area contributed by atoms with Crippen LogP contribution in [-0.4, -0.2) is 10.1 Å². The summed E-state index contributed by atoms with van der Waals surface area (Å²) in [5.74, 6) is 0.259. The van der Waals surface area contributed by atoms with Crippen LogP contribution in [0.25, 0.3) is 11.3 Å². The highest BCUT2D eigenvalue weighted by atomic mass is 32.1. The molecule has 0 radical (unpaired) electrons. The standard InChI is InChI=1S/C16H14N2OS/c1-11-2-4-12(5-3-11)15-10-20-16(18-15)17-13-6-8-14(19)9-7-13/h2-10,19H,1H3,(H,17,18). The fraction of sp³-hybridized carbons (Fsp3) is 0.0625. The van der Waals surface area contributed by atoms with E-state index < -0.39 is 0 Å². The Morgan fingerprint density at radius 1 is 1.00 bits per heavy atom. The van der Waals surface area contributed by atoms with Gasteiger partial charge >= 0.3 is 0 Å². The van der Waals surface area contributed by atoms with E-state index in [1.165, 1.54) is 5.56 Å². The lowest BCUT2D eigenvalue weighted by Crippen LogP contribution is -1.88. The van der Waals surface area contributed by atoms with E-state index in [0.717, 1.165) is 22.1 Å². The van der Waals surface area contributed by atoms with E-state index in [4.69, 9.17) is 0 Å². The number of rotatable bonds is 3. The first-order chi connectivity index (χ1) is 9.70. The van der Waals surface area contributed by atoms with Crippen LogP contribution in [0.2, 0.25) is 0 Å². The number of thiazole rings is 1. The molecule has 0 aliphatic heterocycles. The van der Waals surface area contributed by atoms with Crippen LogP contribution in [0.1, 0.15) is 5.56 Å². The molecule has 0 spiro atoms. The number of aryl methyl sites for hydroxylation is 1. The van der Waals surface area contributed by atoms with Crippen LogP contribution in [0.4, 0.5) is 10.8 Å². The van der Waals surface area contributed by atoms with Crippen molar-refractivity contribution in [2.45, 2.75) is 6.92 Å². The van der Waals surface area contributed by atoms with Crippen LogP contribution in [-0.2, 0) is 0 Å². The number of hydrogen-bond acceptors (Lipinski definition) is 4. The summed E-state index contributed by atoms with van der Waals surface area (Å²) in [5.41, 5.74) is 4.24. The van der Waals surface area contributed by atoms with Gasteiger partial charge in [-0.15, -0.1) is 11.3 Å². The molecule has 100 valence electrons. The smallest absolute Gasteiger partial charge is 0.187 e. The van der Waals surface area contributed by atoms with Crippen LogP contribution in [0.5, 0.6) is 5.75 Å². The maximum Gasteiger partial charge on any atom is 0.187 e. The highest BCUT2D eigenvalue weighted by Crippen LogP contribution is 2.27. The third-order valence-corrected chi connectivity index (χ3v) is 3.73. The minimum atomic E-state index is 0.259. The van der Waals surface area contributed by atoms with Crippen molar-refractivity contribution in [2.75, 3.05) is 5.32 Å². The van der Waals surface area contributed by atoms with Crippen molar-refractivity contribution < 1.29 is 5.11 Å². The summed E-state index contributed by atoms with van der Waals surface area (Å²) in [7, 11) is 0. The topological polar surface area (TPSA) is 45.1 Å². The molecule has 0 fully saturated rings. The quantitative estimate of drug-likeness (QED) is 0.692. The van der Waals surface area contributed by atoms with Crippen LogP contribution < -0.4 is 5.32 Å². The molecule has 0 aliphatic rings. The third kappa shape index (κ3) is 2.81. The van der Waals surface area contributed by atoms with Crippen LogP contribution >= 0.6 is 11.3 Å². The molecule has 2 N–H and O–H groups in total. The lowest BCUT2D eigenvalue weighted by molar-refractivity contribution is 0.475. The first-order valence-corrected chi connectivity index (χ1v) is 7.17. The van der Waals surface area contributed by atoms with Gasteiger partial charge in [-0.1, -0.05) is 29.8 Å². The predicted molar refractivity (Wildman–Crippen MR) is 83.7 cm³/mol. The zero-order valence-electron chi connectivity index (χ0n) is 11.0. The lowest BCUT2D eigenvalue weighted by atomic mass is 10.1. The first kappa shape index (κ1) is 12.7. The summed E-state index contributed by atoms with van der Waals surface area (Å²) in [4.78, 5) is 4.57. The average molecular weight is 282 g/mol. The Morgan fingerprint density at radius 3 is 2.40 bits per heavy atom. The van der Waals surface area contributed by atoms with Gasteiger partial charge in [0.15, 0.2) is 5.13 Å². The zero-order chi connectivity index (χ0) is 13.9. The van der Waals surface area contributed by atoms with Crippen molar-refractivity contribution in [3.63, 3.8) is 0 Å². The van der Waals surface area contributed by atoms with Crippen molar-refractivity contribution in [3.8, 4) is 17.0 Å². The molecule has 1 aromatic heterocycles. The van der Waals surface area contributed by atoms with Crippen molar-refractivity contribution in [1.29, 1.82) is 0 Å². The van der Waals surface area contributed by atoms with E-state index in [-0.39, 0.29) is 5.75 Å². The van der Waals surface area contributed by atoms with Gasteiger partial charge in [0.2, 0.25) is 0 Å². The Bertz CT molecular complexity index is 702. The molecule has 1 heterocycles. The van der Waals surface area contributed by atoms with Crippen LogP contribution in [0, 0.1) is 6.92 Å². The van der Waals surface area contributed by atoms with Gasteiger partial charge in [-0.25, -0.2) is 4.98 Å². The van der Waals surface area contributed by atoms with E-state index in [9.17, 15) is 5.11 Å². The van der Waals surface area contributed by atoms with Gasteiger partial charge in [-0.05, 0) is 31.2 Å². The maximum atomic E-state index is 9.26. The number of aromatic hydroxyl groups is 1. The van der Waals surface area contributed by atoms with E-state index in [2.05, 4.69) is 41.5 Å². The second kappa shape index (κ2) is 5.35. The number of hydrogen-bond donors (Lipinski definition) is 2. The van der Waals surface area contributed by atoms with E-state index in [0.29, 0.717) is 0 Å². The van der Waals surface area contributed by atoms with Crippen LogP contribution in [0.3, 0.4) is 0 Å². The lowest BCUT2D eigenvalue weighted by Gasteiger charge is -2.02. The molecule has 0 saturated carbocycles. The molecule has 0 amide bonds. The zero-order valence-corrected chi connectivity index (χ0v) is 11.8. The molecular formula is C16H14N2OS. The molecule has 20 heavy (non-hydrogen) atoms. The fourth-order valence-electron chi connectivity index (χ4n) is 1.86. The van der Waals surface area contributed by atoms with Gasteiger partial charge in [0, 0.05) is 16.6 Å². The average Bonchev–Trinajstić information content (AvgIpc) is 2.91. The fourth-order valence-corrected chi connectivity index (χ4v) is 2.60. The molecule has 2 aromatic carbocycles. The summed E-state index contributed by atoms with van der Waals surface area (Å²) < 4.78 is 0. The second-order valence-corrected chi connectivity index (χ2v) is 5.43. The summed E-state index contributed by atoms with van der Waals surface area (Å²) in [6.07, 6.45) is 0. The molecule has 0 aliphatic carbocycles. The van der Waals surface area contributed by atoms with E-state index in [1.54, 1.807) is 23.5 Å². The molecule has 4 heteroatoms. The molecule has 0 saturated heterocycles. The van der Waals surface area contributed by atoms with Crippen molar-refractivity contribution in [3.05, 3.63) is 59.5 Å². The number of phenols is 1. The monoisotopic (exact) mass is 282 g/mol. The van der Waals surface area contributed by atoms with Gasteiger partial charge < -0.3 is 10.4 Å². The second-order valence-electron chi connectivity index (χ2n) is 4.58. The van der Waals surface area contributed by atoms with Crippen molar-refractivity contribution in [1.82, 2.24) is 4.98 Å². The molecule has 0 bridgehead atoms. The van der Waals surface area contributed by atoms with Gasteiger partial charge in [0.25, 0.3) is 0 Å². The summed E-state index contributed by atoms with van der Waals surface area (Å²) in [6.45, 7) is 2.07. The first-order valence-electron chi connectivity index (χ1n) is 6.29. The Labute approximate surface area is 121 Å². The van der Waals surface area contributed by atoms with Crippen LogP contribution in [0.15, 0.2) is 53.9 Å². The van der Waals surface area contributed by atoms with Crippen molar-refractivity contribution >= 4 is 22.2 Å². The number of nitrogens with one attached hydrogen (secondary N) is 1. The van der Waals surface area contributed by atoms with Crippen molar-refractivity contribution in [2.24, 2.45) is 0 Å². The third-order valence-electron chi connectivity index (χ3n) is 2.97. The minimum Gasteiger partial charge on any atom is -0.508 e. The molecule has 0 atom stereocenters. The minimum absolute atomic E-state index is 0.259. The SMILES string of the molecule is Cc1ccc(-c2csc(Nc3ccc(O)cc3)n2)cc1. The predicted octanol–water partition coefficient (Wildman–Crippen LogP) is 4.57. The Balaban J connectivity index is 1.80. The highest BCUT2D eigenvalue weighted by molar-refractivity contribution is 7.14. The van der Waals surface area contributed by atoms with Gasteiger partial charge in [-0.2, -0.15) is 0 Å². The Hall–Kier alpha value is -2.33. The van der Waals surface area contributed by atoms with E-state index >= 15 is 0 Å². The molecular weight excluding hydrogens is 268 g/mol. The van der Waals surface area contributed by atoms with Gasteiger partial charge in [0.05, 0.1) is 5.69 Å². The largest absolute Gasteiger partial charge is 0.508 e. The highest BCUT2D eigenvalue weighted by Gasteiger charge is 2.04. The summed E-state index contributed by atoms with van der Waals surface area (Å²) in [6, 6.07) is 15.3. The number of aromatic nitrogens is 1. The number of nitrogens with zero attached hydrogens (tertiary/aromatic N) is 1. The number of anilines is 2. The van der Waals surface area contributed by atoms with Gasteiger partial charge in [-0.3, -0.25) is 0 Å². The Kier molecular flexibility index (Phi) is 3.39. The Morgan fingerprint density at radius 2 is 1.70 bits per heavy atom. The summed E-state index contributed by atoms with van der Waals surface area (Å²) >= 11 is 1.56. The molecule has 3 aromatic rings.